The number of aryl methyl sites for hydroxylation is 1. The molecule has 0 aliphatic heterocycles. The minimum atomic E-state index is -0.887. The van der Waals surface area contributed by atoms with E-state index in [4.69, 9.17) is 4.74 Å². The van der Waals surface area contributed by atoms with Crippen molar-refractivity contribution in [3.8, 4) is 17.6 Å². The summed E-state index contributed by atoms with van der Waals surface area (Å²) in [4.78, 5) is 0. The van der Waals surface area contributed by atoms with Gasteiger partial charge in [-0.2, -0.15) is 4.39 Å². The Morgan fingerprint density at radius 2 is 1.76 bits per heavy atom. The molecule has 154 valence electrons. The molecular formula is C25H27F3O. The van der Waals surface area contributed by atoms with Crippen molar-refractivity contribution in [2.45, 2.75) is 58.3 Å². The number of unbranched alkanes of at least 4 members (excludes halogenated alkanes) is 1. The summed E-state index contributed by atoms with van der Waals surface area (Å²) in [6.45, 7) is 4.13. The lowest BCUT2D eigenvalue weighted by Crippen LogP contribution is -2.14. The van der Waals surface area contributed by atoms with Gasteiger partial charge in [0.05, 0.1) is 6.61 Å². The first-order valence-corrected chi connectivity index (χ1v) is 10.4. The van der Waals surface area contributed by atoms with Crippen molar-refractivity contribution < 1.29 is 17.9 Å². The highest BCUT2D eigenvalue weighted by molar-refractivity contribution is 5.37. The molecule has 1 nitrogen and oxygen atoms in total. The van der Waals surface area contributed by atoms with E-state index in [9.17, 15) is 13.2 Å². The molecule has 0 saturated heterocycles. The summed E-state index contributed by atoms with van der Waals surface area (Å²) in [6, 6.07) is 8.20. The molecule has 0 heterocycles. The predicted molar refractivity (Wildman–Crippen MR) is 109 cm³/mol. The fourth-order valence-electron chi connectivity index (χ4n) is 3.70. The summed E-state index contributed by atoms with van der Waals surface area (Å²) in [6.07, 6.45) is 4.90. The lowest BCUT2D eigenvalue weighted by atomic mass is 9.78. The Labute approximate surface area is 171 Å². The van der Waals surface area contributed by atoms with E-state index in [2.05, 4.69) is 11.8 Å². The third-order valence-corrected chi connectivity index (χ3v) is 5.59. The monoisotopic (exact) mass is 400 g/mol. The van der Waals surface area contributed by atoms with Crippen LogP contribution in [0.4, 0.5) is 13.2 Å². The lowest BCUT2D eigenvalue weighted by molar-refractivity contribution is 0.286. The van der Waals surface area contributed by atoms with Crippen LogP contribution in [0.25, 0.3) is 0 Å². The zero-order chi connectivity index (χ0) is 20.8. The van der Waals surface area contributed by atoms with Crippen molar-refractivity contribution >= 4 is 0 Å². The molecule has 1 saturated carbocycles. The number of hydrogen-bond donors (Lipinski definition) is 0. The van der Waals surface area contributed by atoms with Crippen LogP contribution < -0.4 is 4.74 Å². The first kappa shape index (κ1) is 21.3. The fourth-order valence-corrected chi connectivity index (χ4v) is 3.70. The van der Waals surface area contributed by atoms with E-state index in [0.29, 0.717) is 23.3 Å². The smallest absolute Gasteiger partial charge is 0.200 e. The van der Waals surface area contributed by atoms with Crippen LogP contribution in [0.15, 0.2) is 30.3 Å². The Morgan fingerprint density at radius 3 is 2.45 bits per heavy atom. The zero-order valence-corrected chi connectivity index (χ0v) is 17.0. The van der Waals surface area contributed by atoms with E-state index in [0.717, 1.165) is 38.5 Å². The third kappa shape index (κ3) is 5.35. The van der Waals surface area contributed by atoms with E-state index in [-0.39, 0.29) is 23.4 Å². The second-order valence-electron chi connectivity index (χ2n) is 7.76. The standard InChI is InChI=1S/C25H27F3O/c1-3-4-15-29-23-14-13-21(24(27)25(23)28)20-11-9-18(10-12-20)7-8-19-6-5-17(2)22(26)16-19/h5-6,13-14,16,18,20H,3-4,9-12,15H2,1-2H3. The second kappa shape index (κ2) is 9.87. The summed E-state index contributed by atoms with van der Waals surface area (Å²) in [5, 5.41) is 0. The number of hydrogen-bond acceptors (Lipinski definition) is 1. The molecule has 2 aromatic carbocycles. The fraction of sp³-hybridized carbons (Fsp3) is 0.440. The molecule has 0 N–H and O–H groups in total. The maximum atomic E-state index is 14.6. The Bertz CT molecular complexity index is 902. The molecule has 1 aliphatic carbocycles. The minimum absolute atomic E-state index is 0.00965. The molecule has 1 fully saturated rings. The quantitative estimate of drug-likeness (QED) is 0.391. The number of benzene rings is 2. The molecular weight excluding hydrogens is 373 g/mol. The zero-order valence-electron chi connectivity index (χ0n) is 17.0. The molecule has 29 heavy (non-hydrogen) atoms. The summed E-state index contributed by atoms with van der Waals surface area (Å²) >= 11 is 0. The van der Waals surface area contributed by atoms with E-state index < -0.39 is 11.6 Å². The molecule has 0 amide bonds. The molecule has 4 heteroatoms. The van der Waals surface area contributed by atoms with E-state index in [1.54, 1.807) is 25.1 Å². The maximum Gasteiger partial charge on any atom is 0.200 e. The van der Waals surface area contributed by atoms with E-state index >= 15 is 0 Å². The van der Waals surface area contributed by atoms with Gasteiger partial charge in [0.25, 0.3) is 0 Å². The Kier molecular flexibility index (Phi) is 7.25. The van der Waals surface area contributed by atoms with Crippen LogP contribution >= 0.6 is 0 Å². The Morgan fingerprint density at radius 1 is 1.00 bits per heavy atom. The first-order chi connectivity index (χ1) is 14.0. The van der Waals surface area contributed by atoms with Crippen molar-refractivity contribution in [3.63, 3.8) is 0 Å². The molecule has 3 rings (SSSR count). The highest BCUT2D eigenvalue weighted by atomic mass is 19.2. The SMILES string of the molecule is CCCCOc1ccc(C2CCC(C#Cc3ccc(C)c(F)c3)CC2)c(F)c1F. The van der Waals surface area contributed by atoms with Gasteiger partial charge in [0, 0.05) is 11.5 Å². The van der Waals surface area contributed by atoms with E-state index in [1.807, 2.05) is 13.0 Å². The first-order valence-electron chi connectivity index (χ1n) is 10.4. The van der Waals surface area contributed by atoms with Gasteiger partial charge >= 0.3 is 0 Å². The highest BCUT2D eigenvalue weighted by Crippen LogP contribution is 2.38. The highest BCUT2D eigenvalue weighted by Gasteiger charge is 2.26. The van der Waals surface area contributed by atoms with Gasteiger partial charge in [-0.3, -0.25) is 0 Å². The third-order valence-electron chi connectivity index (χ3n) is 5.59. The van der Waals surface area contributed by atoms with Gasteiger partial charge < -0.3 is 4.74 Å². The number of halogens is 3. The molecule has 0 radical (unpaired) electrons. The lowest BCUT2D eigenvalue weighted by Gasteiger charge is -2.26. The Hall–Kier alpha value is -2.41. The van der Waals surface area contributed by atoms with Crippen molar-refractivity contribution in [2.75, 3.05) is 6.61 Å². The van der Waals surface area contributed by atoms with Crippen LogP contribution in [-0.2, 0) is 0 Å². The molecule has 1 aliphatic rings. The van der Waals surface area contributed by atoms with Gasteiger partial charge in [0.1, 0.15) is 5.82 Å². The molecule has 0 bridgehead atoms. The summed E-state index contributed by atoms with van der Waals surface area (Å²) in [5.74, 6) is 4.51. The molecule has 0 unspecified atom stereocenters. The topological polar surface area (TPSA) is 9.23 Å². The van der Waals surface area contributed by atoms with Crippen molar-refractivity contribution in [3.05, 3.63) is 64.5 Å². The van der Waals surface area contributed by atoms with Crippen molar-refractivity contribution in [2.24, 2.45) is 5.92 Å². The van der Waals surface area contributed by atoms with Gasteiger partial charge in [0.2, 0.25) is 5.82 Å². The van der Waals surface area contributed by atoms with Crippen LogP contribution in [0, 0.1) is 42.1 Å². The largest absolute Gasteiger partial charge is 0.490 e. The van der Waals surface area contributed by atoms with E-state index in [1.165, 1.54) is 6.07 Å². The summed E-state index contributed by atoms with van der Waals surface area (Å²) in [5.41, 5.74) is 1.70. The van der Waals surface area contributed by atoms with Gasteiger partial charge in [-0.1, -0.05) is 37.3 Å². The maximum absolute atomic E-state index is 14.6. The van der Waals surface area contributed by atoms with Crippen LogP contribution in [-0.4, -0.2) is 6.61 Å². The molecule has 0 spiro atoms. The average molecular weight is 400 g/mol. The van der Waals surface area contributed by atoms with Gasteiger partial charge in [-0.15, -0.1) is 0 Å². The number of rotatable bonds is 5. The minimum Gasteiger partial charge on any atom is -0.490 e. The molecule has 0 atom stereocenters. The molecule has 2 aromatic rings. The van der Waals surface area contributed by atoms with Gasteiger partial charge in [-0.25, -0.2) is 8.78 Å². The van der Waals surface area contributed by atoms with Crippen molar-refractivity contribution in [1.29, 1.82) is 0 Å². The van der Waals surface area contributed by atoms with Crippen LogP contribution in [0.1, 0.15) is 68.1 Å². The predicted octanol–water partition coefficient (Wildman–Crippen LogP) is 6.92. The second-order valence-corrected chi connectivity index (χ2v) is 7.76. The average Bonchev–Trinajstić information content (AvgIpc) is 2.73. The van der Waals surface area contributed by atoms with Crippen molar-refractivity contribution in [1.82, 2.24) is 0 Å². The van der Waals surface area contributed by atoms with Crippen LogP contribution in [0.5, 0.6) is 5.75 Å². The summed E-state index contributed by atoms with van der Waals surface area (Å²) in [7, 11) is 0. The normalized spacial score (nSPS) is 18.8. The van der Waals surface area contributed by atoms with Crippen LogP contribution in [0.2, 0.25) is 0 Å². The molecule has 0 aromatic heterocycles. The number of ether oxygens (including phenoxy) is 1. The Balaban J connectivity index is 1.61. The van der Waals surface area contributed by atoms with Gasteiger partial charge in [-0.05, 0) is 74.3 Å². The van der Waals surface area contributed by atoms with Gasteiger partial charge in [0.15, 0.2) is 11.6 Å². The van der Waals surface area contributed by atoms with Crippen LogP contribution in [0.3, 0.4) is 0 Å². The summed E-state index contributed by atoms with van der Waals surface area (Å²) < 4.78 is 47.9.